The van der Waals surface area contributed by atoms with Crippen LogP contribution in [0.2, 0.25) is 0 Å². The average molecular weight is 563 g/mol. The van der Waals surface area contributed by atoms with Gasteiger partial charge in [-0.25, -0.2) is 19.9 Å². The molecule has 0 radical (unpaired) electrons. The Kier molecular flexibility index (Phi) is 6.43. The van der Waals surface area contributed by atoms with E-state index in [2.05, 4.69) is 97.1 Å². The van der Waals surface area contributed by atoms with E-state index in [0.717, 1.165) is 55.8 Å². The summed E-state index contributed by atoms with van der Waals surface area (Å²) in [5, 5.41) is 3.40. The maximum Gasteiger partial charge on any atom is 0.160 e. The van der Waals surface area contributed by atoms with Crippen LogP contribution in [-0.2, 0) is 0 Å². The minimum Gasteiger partial charge on any atom is -0.228 e. The van der Waals surface area contributed by atoms with Crippen LogP contribution < -0.4 is 0 Å². The summed E-state index contributed by atoms with van der Waals surface area (Å²) >= 11 is 0. The number of hydrogen-bond acceptors (Lipinski definition) is 4. The van der Waals surface area contributed by atoms with E-state index < -0.39 is 0 Å². The van der Waals surface area contributed by atoms with Crippen LogP contribution in [0.3, 0.4) is 0 Å². The van der Waals surface area contributed by atoms with Crippen molar-refractivity contribution < 1.29 is 0 Å². The minimum absolute atomic E-state index is 0.691. The summed E-state index contributed by atoms with van der Waals surface area (Å²) < 4.78 is 0. The second-order valence-electron chi connectivity index (χ2n) is 10.7. The lowest BCUT2D eigenvalue weighted by Crippen LogP contribution is -1.97. The Morgan fingerprint density at radius 1 is 0.341 bits per heavy atom. The van der Waals surface area contributed by atoms with E-state index >= 15 is 0 Å². The molecule has 0 unspecified atom stereocenters. The first-order valence-electron chi connectivity index (χ1n) is 14.7. The third kappa shape index (κ3) is 4.79. The second-order valence-corrected chi connectivity index (χ2v) is 10.7. The van der Waals surface area contributed by atoms with Crippen LogP contribution in [-0.4, -0.2) is 19.9 Å². The summed E-state index contributed by atoms with van der Waals surface area (Å²) in [5.41, 5.74) is 8.67. The lowest BCUT2D eigenvalue weighted by atomic mass is 9.99. The number of para-hydroxylation sites is 1. The summed E-state index contributed by atoms with van der Waals surface area (Å²) in [6.45, 7) is 0. The largest absolute Gasteiger partial charge is 0.228 e. The summed E-state index contributed by atoms with van der Waals surface area (Å²) in [4.78, 5) is 20.1. The van der Waals surface area contributed by atoms with E-state index in [-0.39, 0.29) is 0 Å². The smallest absolute Gasteiger partial charge is 0.160 e. The molecule has 0 aliphatic rings. The third-order valence-electron chi connectivity index (χ3n) is 7.91. The first-order valence-corrected chi connectivity index (χ1v) is 14.7. The van der Waals surface area contributed by atoms with E-state index in [9.17, 15) is 0 Å². The normalized spacial score (nSPS) is 11.2. The van der Waals surface area contributed by atoms with Crippen LogP contribution in [0, 0.1) is 0 Å². The third-order valence-corrected chi connectivity index (χ3v) is 7.91. The maximum atomic E-state index is 5.16. The molecule has 0 aliphatic heterocycles. The first kappa shape index (κ1) is 25.7. The van der Waals surface area contributed by atoms with Gasteiger partial charge in [-0.3, -0.25) is 0 Å². The van der Waals surface area contributed by atoms with Crippen LogP contribution in [0.25, 0.3) is 78.2 Å². The molecule has 2 aromatic heterocycles. The Hall–Kier alpha value is -6.00. The fourth-order valence-electron chi connectivity index (χ4n) is 5.70. The maximum absolute atomic E-state index is 5.16. The molecule has 0 N–H and O–H groups in total. The molecule has 0 aliphatic carbocycles. The monoisotopic (exact) mass is 562 g/mol. The van der Waals surface area contributed by atoms with E-state index in [1.165, 1.54) is 10.8 Å². The summed E-state index contributed by atoms with van der Waals surface area (Å²) in [6.07, 6.45) is 0. The van der Waals surface area contributed by atoms with Crippen molar-refractivity contribution in [3.8, 4) is 56.5 Å². The highest BCUT2D eigenvalue weighted by Crippen LogP contribution is 2.34. The van der Waals surface area contributed by atoms with Gasteiger partial charge in [0.25, 0.3) is 0 Å². The van der Waals surface area contributed by atoms with Gasteiger partial charge in [0, 0.05) is 33.2 Å². The van der Waals surface area contributed by atoms with Crippen molar-refractivity contribution in [3.05, 3.63) is 158 Å². The molecule has 8 aromatic rings. The molecule has 0 saturated heterocycles. The van der Waals surface area contributed by atoms with Gasteiger partial charge < -0.3 is 0 Å². The molecule has 0 bridgehead atoms. The number of nitrogens with zero attached hydrogens (tertiary/aromatic N) is 4. The lowest BCUT2D eigenvalue weighted by Gasteiger charge is -2.12. The molecule has 4 heteroatoms. The van der Waals surface area contributed by atoms with Crippen molar-refractivity contribution in [1.82, 2.24) is 19.9 Å². The van der Waals surface area contributed by atoms with Crippen LogP contribution >= 0.6 is 0 Å². The summed E-state index contributed by atoms with van der Waals surface area (Å²) in [5.74, 6) is 1.39. The topological polar surface area (TPSA) is 51.6 Å². The van der Waals surface area contributed by atoms with Crippen molar-refractivity contribution in [2.24, 2.45) is 0 Å². The second kappa shape index (κ2) is 11.0. The van der Waals surface area contributed by atoms with E-state index in [4.69, 9.17) is 19.9 Å². The zero-order chi connectivity index (χ0) is 29.3. The Balaban J connectivity index is 1.24. The Morgan fingerprint density at radius 2 is 0.864 bits per heavy atom. The number of benzene rings is 6. The van der Waals surface area contributed by atoms with Gasteiger partial charge in [-0.2, -0.15) is 0 Å². The molecular weight excluding hydrogens is 536 g/mol. The van der Waals surface area contributed by atoms with Crippen LogP contribution in [0.15, 0.2) is 158 Å². The molecule has 44 heavy (non-hydrogen) atoms. The Morgan fingerprint density at radius 3 is 1.61 bits per heavy atom. The van der Waals surface area contributed by atoms with Crippen molar-refractivity contribution in [2.75, 3.05) is 0 Å². The molecule has 2 heterocycles. The van der Waals surface area contributed by atoms with Crippen LogP contribution in [0.5, 0.6) is 0 Å². The molecule has 206 valence electrons. The predicted molar refractivity (Wildman–Crippen MR) is 180 cm³/mol. The number of fused-ring (bicyclic) bond motifs is 2. The Bertz CT molecular complexity index is 2200. The van der Waals surface area contributed by atoms with Gasteiger partial charge in [-0.1, -0.05) is 146 Å². The predicted octanol–water partition coefficient (Wildman–Crippen LogP) is 9.91. The fourth-order valence-corrected chi connectivity index (χ4v) is 5.70. The van der Waals surface area contributed by atoms with Gasteiger partial charge in [0.15, 0.2) is 11.6 Å². The standard InChI is InChI=1S/C40H26N4/c1-3-13-28(14-4-1)36-26-37(43-39(42-36)30-15-5-2-6-16-30)29-22-24-31(25-23-29)40-41-35-21-10-9-19-34(35)38(44-40)33-20-11-17-27-12-7-8-18-32(27)33/h1-26H. The quantitative estimate of drug-likeness (QED) is 0.209. The lowest BCUT2D eigenvalue weighted by molar-refractivity contribution is 1.18. The minimum atomic E-state index is 0.691. The summed E-state index contributed by atoms with van der Waals surface area (Å²) in [7, 11) is 0. The molecule has 0 atom stereocenters. The highest BCUT2D eigenvalue weighted by Gasteiger charge is 2.15. The molecule has 0 spiro atoms. The SMILES string of the molecule is c1ccc(-c2cc(-c3ccc(-c4nc(-c5cccc6ccccc56)c5ccccc5n4)cc3)nc(-c3ccccc3)n2)cc1. The van der Waals surface area contributed by atoms with Gasteiger partial charge in [0.2, 0.25) is 0 Å². The van der Waals surface area contributed by atoms with Gasteiger partial charge >= 0.3 is 0 Å². The molecule has 6 aromatic carbocycles. The van der Waals surface area contributed by atoms with E-state index in [1.807, 2.05) is 60.7 Å². The zero-order valence-corrected chi connectivity index (χ0v) is 23.8. The van der Waals surface area contributed by atoms with Gasteiger partial charge in [0.05, 0.1) is 22.6 Å². The summed E-state index contributed by atoms with van der Waals surface area (Å²) in [6, 6.07) is 53.8. The molecule has 4 nitrogen and oxygen atoms in total. The molecule has 0 saturated carbocycles. The van der Waals surface area contributed by atoms with E-state index in [1.54, 1.807) is 0 Å². The highest BCUT2D eigenvalue weighted by molar-refractivity contribution is 6.03. The fraction of sp³-hybridized carbons (Fsp3) is 0. The molecule has 0 fully saturated rings. The molecular formula is C40H26N4. The zero-order valence-electron chi connectivity index (χ0n) is 23.8. The first-order chi connectivity index (χ1) is 21.8. The van der Waals surface area contributed by atoms with Crippen LogP contribution in [0.4, 0.5) is 0 Å². The van der Waals surface area contributed by atoms with Crippen molar-refractivity contribution in [3.63, 3.8) is 0 Å². The highest BCUT2D eigenvalue weighted by atomic mass is 14.9. The Labute approximate surface area is 255 Å². The number of hydrogen-bond donors (Lipinski definition) is 0. The average Bonchev–Trinajstić information content (AvgIpc) is 3.11. The number of aromatic nitrogens is 4. The van der Waals surface area contributed by atoms with Crippen LogP contribution in [0.1, 0.15) is 0 Å². The van der Waals surface area contributed by atoms with Gasteiger partial charge in [0.1, 0.15) is 0 Å². The van der Waals surface area contributed by atoms with Crippen molar-refractivity contribution in [2.45, 2.75) is 0 Å². The van der Waals surface area contributed by atoms with E-state index in [0.29, 0.717) is 11.6 Å². The number of rotatable bonds is 5. The van der Waals surface area contributed by atoms with Crippen molar-refractivity contribution >= 4 is 21.7 Å². The van der Waals surface area contributed by atoms with Crippen molar-refractivity contribution in [1.29, 1.82) is 0 Å². The van der Waals surface area contributed by atoms with Gasteiger partial charge in [-0.05, 0) is 22.9 Å². The molecule has 8 rings (SSSR count). The van der Waals surface area contributed by atoms with Gasteiger partial charge in [-0.15, -0.1) is 0 Å². The molecule has 0 amide bonds.